The Bertz CT molecular complexity index is 649. The molecule has 5 atom stereocenters. The van der Waals surface area contributed by atoms with Gasteiger partial charge in [-0.15, -0.1) is 0 Å². The Balaban J connectivity index is 1.87. The van der Waals surface area contributed by atoms with E-state index in [2.05, 4.69) is 5.32 Å². The summed E-state index contributed by atoms with van der Waals surface area (Å²) in [6, 6.07) is -0.849. The Morgan fingerprint density at radius 2 is 2.04 bits per heavy atom. The molecule has 1 radical (unpaired) electrons. The molecule has 8 nitrogen and oxygen atoms in total. The van der Waals surface area contributed by atoms with E-state index in [0.717, 1.165) is 17.7 Å². The van der Waals surface area contributed by atoms with Crippen LogP contribution in [0.5, 0.6) is 0 Å². The van der Waals surface area contributed by atoms with Crippen molar-refractivity contribution in [1.82, 2.24) is 10.2 Å². The monoisotopic (exact) mass is 362 g/mol. The second-order valence-corrected chi connectivity index (χ2v) is 7.46. The van der Waals surface area contributed by atoms with Gasteiger partial charge in [0, 0.05) is 12.5 Å². The van der Waals surface area contributed by atoms with Crippen LogP contribution < -0.4 is 11.1 Å². The number of imide groups is 1. The molecule has 2 saturated carbocycles. The first-order chi connectivity index (χ1) is 12.4. The SMILES string of the molecule is NC(=O)N1CCCC/C=C/C2CC2([C]=O)NC(=O)C2CC(O)CC2C1=O. The summed E-state index contributed by atoms with van der Waals surface area (Å²) in [6.45, 7) is 0.193. The van der Waals surface area contributed by atoms with E-state index in [-0.39, 0.29) is 25.3 Å². The van der Waals surface area contributed by atoms with E-state index in [9.17, 15) is 24.3 Å². The number of hydrogen-bond donors (Lipinski definition) is 3. The van der Waals surface area contributed by atoms with Crippen molar-refractivity contribution in [2.24, 2.45) is 23.5 Å². The molecular formula is C18H24N3O5. The van der Waals surface area contributed by atoms with Crippen LogP contribution in [-0.2, 0) is 14.4 Å². The average molecular weight is 362 g/mol. The van der Waals surface area contributed by atoms with E-state index in [1.165, 1.54) is 0 Å². The summed E-state index contributed by atoms with van der Waals surface area (Å²) in [6.07, 6.45) is 7.78. The Morgan fingerprint density at radius 1 is 1.31 bits per heavy atom. The van der Waals surface area contributed by atoms with Crippen LogP contribution in [0.3, 0.4) is 0 Å². The summed E-state index contributed by atoms with van der Waals surface area (Å²) < 4.78 is 0. The number of aliphatic hydroxyl groups is 1. The number of nitrogens with zero attached hydrogens (tertiary/aromatic N) is 1. The summed E-state index contributed by atoms with van der Waals surface area (Å²) in [4.78, 5) is 49.6. The molecule has 4 amide bonds. The average Bonchev–Trinajstić information content (AvgIpc) is 3.12. The molecule has 3 aliphatic rings. The first kappa shape index (κ1) is 18.6. The van der Waals surface area contributed by atoms with Gasteiger partial charge in [-0.25, -0.2) is 4.79 Å². The molecule has 4 N–H and O–H groups in total. The third-order valence-corrected chi connectivity index (χ3v) is 5.64. The molecule has 2 aliphatic carbocycles. The highest BCUT2D eigenvalue weighted by Crippen LogP contribution is 2.44. The molecular weight excluding hydrogens is 338 g/mol. The van der Waals surface area contributed by atoms with Gasteiger partial charge in [0.15, 0.2) is 0 Å². The highest BCUT2D eigenvalue weighted by atomic mass is 16.3. The Morgan fingerprint density at radius 3 is 2.73 bits per heavy atom. The maximum Gasteiger partial charge on any atom is 0.321 e. The largest absolute Gasteiger partial charge is 0.393 e. The quantitative estimate of drug-likeness (QED) is 0.566. The molecule has 8 heteroatoms. The minimum Gasteiger partial charge on any atom is -0.393 e. The van der Waals surface area contributed by atoms with Crippen molar-refractivity contribution in [2.45, 2.75) is 50.2 Å². The number of hydrogen-bond acceptors (Lipinski definition) is 5. The molecule has 1 aliphatic heterocycles. The van der Waals surface area contributed by atoms with Crippen molar-refractivity contribution in [3.63, 3.8) is 0 Å². The van der Waals surface area contributed by atoms with Crippen molar-refractivity contribution in [1.29, 1.82) is 0 Å². The van der Waals surface area contributed by atoms with Gasteiger partial charge in [0.1, 0.15) is 5.54 Å². The summed E-state index contributed by atoms with van der Waals surface area (Å²) in [5, 5.41) is 12.7. The van der Waals surface area contributed by atoms with Crippen molar-refractivity contribution in [3.8, 4) is 0 Å². The predicted molar refractivity (Wildman–Crippen MR) is 91.2 cm³/mol. The molecule has 26 heavy (non-hydrogen) atoms. The number of aliphatic hydroxyl groups excluding tert-OH is 1. The number of carbonyl (C=O) groups is 3. The van der Waals surface area contributed by atoms with E-state index in [1.807, 2.05) is 18.4 Å². The third-order valence-electron chi connectivity index (χ3n) is 5.64. The lowest BCUT2D eigenvalue weighted by Crippen LogP contribution is -2.49. The van der Waals surface area contributed by atoms with Gasteiger partial charge in [-0.3, -0.25) is 19.3 Å². The van der Waals surface area contributed by atoms with Gasteiger partial charge in [-0.1, -0.05) is 12.2 Å². The standard InChI is InChI=1S/C18H24N3O5/c19-17(26)21-6-4-2-1-3-5-11-9-18(11,10-22)20-15(24)13-7-12(23)8-14(13)16(21)25/h3,5,11-14,23H,1-2,4,6-9H2,(H2,19,26)(H,20,24)/b5-3+. The molecule has 0 bridgehead atoms. The van der Waals surface area contributed by atoms with E-state index in [4.69, 9.17) is 5.73 Å². The van der Waals surface area contributed by atoms with Crippen LogP contribution in [-0.4, -0.2) is 52.3 Å². The van der Waals surface area contributed by atoms with Gasteiger partial charge in [0.25, 0.3) is 0 Å². The zero-order valence-corrected chi connectivity index (χ0v) is 14.5. The normalized spacial score (nSPS) is 39.2. The van der Waals surface area contributed by atoms with Crippen LogP contribution in [0.15, 0.2) is 12.2 Å². The van der Waals surface area contributed by atoms with Crippen molar-refractivity contribution >= 4 is 24.1 Å². The lowest BCUT2D eigenvalue weighted by molar-refractivity contribution is -0.138. The summed E-state index contributed by atoms with van der Waals surface area (Å²) in [7, 11) is 0. The number of amides is 4. The minimum absolute atomic E-state index is 0.0884. The first-order valence-corrected chi connectivity index (χ1v) is 9.05. The number of rotatable bonds is 1. The van der Waals surface area contributed by atoms with Gasteiger partial charge in [0.2, 0.25) is 18.1 Å². The summed E-state index contributed by atoms with van der Waals surface area (Å²) in [5.74, 6) is -2.69. The number of urea groups is 1. The minimum atomic E-state index is -1.04. The predicted octanol–water partition coefficient (Wildman–Crippen LogP) is 0.00550. The zero-order valence-electron chi connectivity index (χ0n) is 14.5. The number of allylic oxidation sites excluding steroid dienone is 1. The highest BCUT2D eigenvalue weighted by molar-refractivity contribution is 5.98. The number of carbonyl (C=O) groups excluding carboxylic acids is 4. The number of nitrogens with one attached hydrogen (secondary N) is 1. The molecule has 2 fully saturated rings. The van der Waals surface area contributed by atoms with Crippen LogP contribution in [0.25, 0.3) is 0 Å². The lowest BCUT2D eigenvalue weighted by Gasteiger charge is -2.26. The van der Waals surface area contributed by atoms with E-state index in [0.29, 0.717) is 12.8 Å². The van der Waals surface area contributed by atoms with Crippen molar-refractivity contribution in [3.05, 3.63) is 12.2 Å². The maximum atomic E-state index is 12.8. The molecule has 0 spiro atoms. The number of nitrogens with two attached hydrogens (primary N) is 1. The number of primary amides is 1. The fourth-order valence-corrected chi connectivity index (χ4v) is 4.01. The smallest absolute Gasteiger partial charge is 0.321 e. The molecule has 0 saturated heterocycles. The second-order valence-electron chi connectivity index (χ2n) is 7.46. The van der Waals surface area contributed by atoms with Crippen LogP contribution >= 0.6 is 0 Å². The molecule has 0 aromatic heterocycles. The van der Waals surface area contributed by atoms with E-state index < -0.39 is 41.3 Å². The van der Waals surface area contributed by atoms with Gasteiger partial charge in [0.05, 0.1) is 17.9 Å². The Kier molecular flexibility index (Phi) is 5.13. The van der Waals surface area contributed by atoms with Crippen LogP contribution in [0.2, 0.25) is 0 Å². The Hall–Kier alpha value is -2.22. The van der Waals surface area contributed by atoms with Crippen LogP contribution in [0, 0.1) is 17.8 Å². The summed E-state index contributed by atoms with van der Waals surface area (Å²) >= 11 is 0. The van der Waals surface area contributed by atoms with Crippen LogP contribution in [0.4, 0.5) is 4.79 Å². The third kappa shape index (κ3) is 3.51. The second kappa shape index (κ2) is 7.19. The van der Waals surface area contributed by atoms with Gasteiger partial charge in [-0.05, 0) is 38.5 Å². The van der Waals surface area contributed by atoms with E-state index in [1.54, 1.807) is 0 Å². The van der Waals surface area contributed by atoms with E-state index >= 15 is 0 Å². The molecule has 5 unspecified atom stereocenters. The lowest BCUT2D eigenvalue weighted by atomic mass is 9.93. The van der Waals surface area contributed by atoms with Gasteiger partial charge < -0.3 is 16.2 Å². The molecule has 141 valence electrons. The topological polar surface area (TPSA) is 130 Å². The highest BCUT2D eigenvalue weighted by Gasteiger charge is 2.56. The van der Waals surface area contributed by atoms with Crippen molar-refractivity contribution in [2.75, 3.05) is 6.54 Å². The van der Waals surface area contributed by atoms with Crippen LogP contribution in [0.1, 0.15) is 38.5 Å². The molecule has 3 rings (SSSR count). The van der Waals surface area contributed by atoms with Gasteiger partial charge >= 0.3 is 6.03 Å². The molecule has 1 heterocycles. The fraction of sp³-hybridized carbons (Fsp3) is 0.667. The molecule has 0 aromatic rings. The Labute approximate surface area is 151 Å². The fourth-order valence-electron chi connectivity index (χ4n) is 4.01. The first-order valence-electron chi connectivity index (χ1n) is 9.05. The molecule has 0 aromatic carbocycles. The van der Waals surface area contributed by atoms with Gasteiger partial charge in [-0.2, -0.15) is 0 Å². The maximum absolute atomic E-state index is 12.8. The summed E-state index contributed by atoms with van der Waals surface area (Å²) in [5.41, 5.74) is 4.32. The number of fused-ring (bicyclic) bond motifs is 2. The van der Waals surface area contributed by atoms with Crippen molar-refractivity contribution < 1.29 is 24.3 Å². The zero-order chi connectivity index (χ0) is 18.9.